The quantitative estimate of drug-likeness (QED) is 0.391. The van der Waals surface area contributed by atoms with Crippen LogP contribution in [0, 0.1) is 11.8 Å². The van der Waals surface area contributed by atoms with Crippen molar-refractivity contribution in [3.63, 3.8) is 0 Å². The van der Waals surface area contributed by atoms with Crippen LogP contribution in [-0.4, -0.2) is 66.7 Å². The van der Waals surface area contributed by atoms with Crippen LogP contribution in [0.3, 0.4) is 0 Å². The van der Waals surface area contributed by atoms with E-state index >= 15 is 0 Å². The zero-order valence-electron chi connectivity index (χ0n) is 20.2. The van der Waals surface area contributed by atoms with Gasteiger partial charge in [-0.3, -0.25) is 14.4 Å². The molecule has 3 fully saturated rings. The summed E-state index contributed by atoms with van der Waals surface area (Å²) in [5, 5.41) is 6.73. The van der Waals surface area contributed by atoms with E-state index < -0.39 is 29.6 Å². The molecule has 194 valence electrons. The first kappa shape index (κ1) is 25.5. The Labute approximate surface area is 220 Å². The minimum absolute atomic E-state index is 0.0916. The Morgan fingerprint density at radius 1 is 1.17 bits per heavy atom. The molecule has 36 heavy (non-hydrogen) atoms. The molecule has 2 N–H and O–H groups in total. The van der Waals surface area contributed by atoms with Gasteiger partial charge in [-0.05, 0) is 37.5 Å². The van der Waals surface area contributed by atoms with E-state index in [4.69, 9.17) is 32.7 Å². The fraction of sp³-hybridized carbons (Fsp3) is 0.577. The molecule has 1 aliphatic carbocycles. The molecule has 10 heteroatoms. The lowest BCUT2D eigenvalue weighted by Gasteiger charge is -2.34. The third kappa shape index (κ3) is 4.42. The van der Waals surface area contributed by atoms with Crippen molar-refractivity contribution >= 4 is 46.6 Å². The number of fused-ring (bicyclic) bond motifs is 1. The second-order valence-electron chi connectivity index (χ2n) is 10.0. The van der Waals surface area contributed by atoms with Gasteiger partial charge in [0, 0.05) is 32.0 Å². The molecule has 3 heterocycles. The normalized spacial score (nSPS) is 31.1. The first-order valence-corrected chi connectivity index (χ1v) is 13.3. The highest BCUT2D eigenvalue weighted by atomic mass is 35.5. The average molecular weight is 536 g/mol. The highest BCUT2D eigenvalue weighted by Gasteiger charge is 2.72. The zero-order chi connectivity index (χ0) is 25.4. The van der Waals surface area contributed by atoms with E-state index in [0.29, 0.717) is 35.3 Å². The van der Waals surface area contributed by atoms with Crippen LogP contribution >= 0.6 is 23.2 Å². The van der Waals surface area contributed by atoms with Crippen molar-refractivity contribution in [2.45, 2.75) is 62.3 Å². The minimum atomic E-state index is -1.17. The minimum Gasteiger partial charge on any atom is -0.385 e. The van der Waals surface area contributed by atoms with Gasteiger partial charge in [0.15, 0.2) is 0 Å². The van der Waals surface area contributed by atoms with Crippen LogP contribution in [0.25, 0.3) is 0 Å². The fourth-order valence-electron chi connectivity index (χ4n) is 6.21. The number of benzene rings is 1. The number of amides is 3. The summed E-state index contributed by atoms with van der Waals surface area (Å²) in [6.07, 6.45) is 8.81. The fourth-order valence-corrected chi connectivity index (χ4v) is 6.51. The molecule has 0 unspecified atom stereocenters. The lowest BCUT2D eigenvalue weighted by Crippen LogP contribution is -2.56. The standard InChI is InChI=1S/C26H31Cl2N3O5/c1-35-13-5-12-31-22(24(33)29-15-6-3-2-4-7-15)26-11-10-19(36-26)20(21(26)25(31)34)23(32)30-16-8-9-17(27)18(28)14-16/h8-11,14-15,19-22H,2-7,12-13H2,1H3,(H,29,33)(H,30,32)/t19-,20-,21-,22-,26+/m1/s1. The smallest absolute Gasteiger partial charge is 0.246 e. The van der Waals surface area contributed by atoms with Gasteiger partial charge in [-0.2, -0.15) is 0 Å². The van der Waals surface area contributed by atoms with Gasteiger partial charge in [0.1, 0.15) is 11.6 Å². The molecule has 4 aliphatic rings. The molecule has 0 aromatic heterocycles. The summed E-state index contributed by atoms with van der Waals surface area (Å²) < 4.78 is 11.5. The molecular formula is C26H31Cl2N3O5. The number of halogens is 2. The Bertz CT molecular complexity index is 1080. The molecule has 0 radical (unpaired) electrons. The van der Waals surface area contributed by atoms with E-state index in [-0.39, 0.29) is 23.8 Å². The number of carbonyl (C=O) groups is 3. The predicted octanol–water partition coefficient (Wildman–Crippen LogP) is 3.57. The van der Waals surface area contributed by atoms with Crippen LogP contribution in [0.15, 0.2) is 30.4 Å². The summed E-state index contributed by atoms with van der Waals surface area (Å²) in [5.41, 5.74) is -0.697. The number of ether oxygens (including phenoxy) is 2. The van der Waals surface area contributed by atoms with Crippen LogP contribution in [0.4, 0.5) is 5.69 Å². The van der Waals surface area contributed by atoms with E-state index in [1.807, 2.05) is 12.2 Å². The molecule has 1 saturated carbocycles. The van der Waals surface area contributed by atoms with Gasteiger partial charge in [0.05, 0.1) is 28.0 Å². The summed E-state index contributed by atoms with van der Waals surface area (Å²) >= 11 is 12.1. The maximum atomic E-state index is 13.8. The topological polar surface area (TPSA) is 97.0 Å². The molecule has 1 spiro atoms. The Kier molecular flexibility index (Phi) is 7.32. The summed E-state index contributed by atoms with van der Waals surface area (Å²) in [6.45, 7) is 0.801. The maximum absolute atomic E-state index is 13.8. The number of anilines is 1. The number of carbonyl (C=O) groups excluding carboxylic acids is 3. The summed E-state index contributed by atoms with van der Waals surface area (Å²) in [5.74, 6) is -2.37. The lowest BCUT2D eigenvalue weighted by molar-refractivity contribution is -0.141. The van der Waals surface area contributed by atoms with E-state index in [1.165, 1.54) is 6.42 Å². The van der Waals surface area contributed by atoms with Crippen LogP contribution in [-0.2, 0) is 23.9 Å². The van der Waals surface area contributed by atoms with Crippen molar-refractivity contribution in [2.75, 3.05) is 25.6 Å². The first-order chi connectivity index (χ1) is 17.4. The van der Waals surface area contributed by atoms with Gasteiger partial charge < -0.3 is 25.0 Å². The van der Waals surface area contributed by atoms with Gasteiger partial charge >= 0.3 is 0 Å². The van der Waals surface area contributed by atoms with Gasteiger partial charge in [-0.15, -0.1) is 0 Å². The monoisotopic (exact) mass is 535 g/mol. The van der Waals surface area contributed by atoms with E-state index in [0.717, 1.165) is 25.7 Å². The van der Waals surface area contributed by atoms with Crippen molar-refractivity contribution in [2.24, 2.45) is 11.8 Å². The van der Waals surface area contributed by atoms with Crippen molar-refractivity contribution in [3.05, 3.63) is 40.4 Å². The maximum Gasteiger partial charge on any atom is 0.246 e. The third-order valence-electron chi connectivity index (χ3n) is 7.81. The highest BCUT2D eigenvalue weighted by Crippen LogP contribution is 2.55. The number of nitrogens with one attached hydrogen (secondary N) is 2. The van der Waals surface area contributed by atoms with E-state index in [2.05, 4.69) is 10.6 Å². The Balaban J connectivity index is 1.41. The molecule has 2 saturated heterocycles. The number of hydrogen-bond donors (Lipinski definition) is 2. The summed E-state index contributed by atoms with van der Waals surface area (Å²) in [6, 6.07) is 4.07. The SMILES string of the molecule is COCCCN1C(=O)[C@H]2[C@H](C(=O)Nc3ccc(Cl)c(Cl)c3)[C@H]3C=C[C@@]2(O3)[C@H]1C(=O)NC1CCCCC1. The lowest BCUT2D eigenvalue weighted by atomic mass is 9.74. The van der Waals surface area contributed by atoms with Crippen molar-refractivity contribution in [1.29, 1.82) is 0 Å². The molecule has 2 bridgehead atoms. The van der Waals surface area contributed by atoms with Gasteiger partial charge in [-0.25, -0.2) is 0 Å². The van der Waals surface area contributed by atoms with Gasteiger partial charge in [0.2, 0.25) is 17.7 Å². The zero-order valence-corrected chi connectivity index (χ0v) is 21.7. The molecule has 3 amide bonds. The van der Waals surface area contributed by atoms with Crippen molar-refractivity contribution in [1.82, 2.24) is 10.2 Å². The van der Waals surface area contributed by atoms with Crippen LogP contribution in [0.5, 0.6) is 0 Å². The second kappa shape index (κ2) is 10.3. The number of likely N-dealkylation sites (tertiary alicyclic amines) is 1. The molecule has 1 aromatic rings. The Morgan fingerprint density at radius 3 is 2.67 bits per heavy atom. The highest BCUT2D eigenvalue weighted by molar-refractivity contribution is 6.42. The Hall–Kier alpha value is -2.13. The van der Waals surface area contributed by atoms with Gasteiger partial charge in [-0.1, -0.05) is 54.6 Å². The van der Waals surface area contributed by atoms with Crippen LogP contribution in [0.1, 0.15) is 38.5 Å². The number of nitrogens with zero attached hydrogens (tertiary/aromatic N) is 1. The Morgan fingerprint density at radius 2 is 1.94 bits per heavy atom. The average Bonchev–Trinajstić information content (AvgIpc) is 3.50. The van der Waals surface area contributed by atoms with Crippen molar-refractivity contribution < 1.29 is 23.9 Å². The molecule has 5 atom stereocenters. The molecule has 1 aromatic carbocycles. The third-order valence-corrected chi connectivity index (χ3v) is 8.55. The first-order valence-electron chi connectivity index (χ1n) is 12.6. The summed E-state index contributed by atoms with van der Waals surface area (Å²) in [4.78, 5) is 42.5. The molecule has 5 rings (SSSR count). The van der Waals surface area contributed by atoms with Gasteiger partial charge in [0.25, 0.3) is 0 Å². The molecule has 8 nitrogen and oxygen atoms in total. The number of rotatable bonds is 8. The van der Waals surface area contributed by atoms with Crippen molar-refractivity contribution in [3.8, 4) is 0 Å². The predicted molar refractivity (Wildman–Crippen MR) is 136 cm³/mol. The molecular weight excluding hydrogens is 505 g/mol. The van der Waals surface area contributed by atoms with E-state index in [9.17, 15) is 14.4 Å². The summed E-state index contributed by atoms with van der Waals surface area (Å²) in [7, 11) is 1.60. The van der Waals surface area contributed by atoms with Crippen LogP contribution < -0.4 is 10.6 Å². The molecule has 3 aliphatic heterocycles. The largest absolute Gasteiger partial charge is 0.385 e. The number of hydrogen-bond acceptors (Lipinski definition) is 5. The second-order valence-corrected chi connectivity index (χ2v) is 10.9. The van der Waals surface area contributed by atoms with Crippen LogP contribution in [0.2, 0.25) is 10.0 Å². The number of methoxy groups -OCH3 is 1. The van der Waals surface area contributed by atoms with E-state index in [1.54, 1.807) is 30.2 Å².